The van der Waals surface area contributed by atoms with Crippen LogP contribution in [0, 0.1) is 5.92 Å². The minimum atomic E-state index is -3.25. The fraction of sp³-hybridized carbons (Fsp3) is 0.471. The maximum absolute atomic E-state index is 12.0. The van der Waals surface area contributed by atoms with Crippen LogP contribution in [0.15, 0.2) is 35.2 Å². The largest absolute Gasteiger partial charge is 0.381 e. The van der Waals surface area contributed by atoms with Gasteiger partial charge >= 0.3 is 0 Å². The standard InChI is InChI=1S/C17H23NO4S/c1-2-11-23(20,21)15-5-3-14(4-6-15)16(17(18)19)12-13-7-9-22-10-8-13/h3-6,12-13H,2,7-11H2,1H3,(H2,18,19). The van der Waals surface area contributed by atoms with Crippen molar-refractivity contribution in [1.29, 1.82) is 0 Å². The Morgan fingerprint density at radius 3 is 2.39 bits per heavy atom. The van der Waals surface area contributed by atoms with Gasteiger partial charge in [-0.3, -0.25) is 4.79 Å². The van der Waals surface area contributed by atoms with Gasteiger partial charge in [-0.15, -0.1) is 0 Å². The van der Waals surface area contributed by atoms with E-state index < -0.39 is 15.7 Å². The summed E-state index contributed by atoms with van der Waals surface area (Å²) in [5.74, 6) is -0.122. The van der Waals surface area contributed by atoms with Gasteiger partial charge in [-0.2, -0.15) is 0 Å². The Morgan fingerprint density at radius 1 is 1.26 bits per heavy atom. The molecule has 0 bridgehead atoms. The maximum Gasteiger partial charge on any atom is 0.248 e. The number of carbonyl (C=O) groups excluding carboxylic acids is 1. The van der Waals surface area contributed by atoms with Crippen LogP contribution in [0.4, 0.5) is 0 Å². The van der Waals surface area contributed by atoms with E-state index in [0.717, 1.165) is 12.8 Å². The predicted octanol–water partition coefficient (Wildman–Crippen LogP) is 2.17. The monoisotopic (exact) mass is 337 g/mol. The minimum Gasteiger partial charge on any atom is -0.381 e. The van der Waals surface area contributed by atoms with Crippen molar-refractivity contribution in [3.63, 3.8) is 0 Å². The molecule has 0 spiro atoms. The van der Waals surface area contributed by atoms with Crippen LogP contribution in [-0.2, 0) is 19.4 Å². The van der Waals surface area contributed by atoms with Crippen LogP contribution >= 0.6 is 0 Å². The average Bonchev–Trinajstić information content (AvgIpc) is 2.53. The number of benzene rings is 1. The van der Waals surface area contributed by atoms with Crippen LogP contribution in [0.5, 0.6) is 0 Å². The molecule has 0 aromatic heterocycles. The molecule has 6 heteroatoms. The molecule has 0 unspecified atom stereocenters. The molecule has 0 saturated carbocycles. The van der Waals surface area contributed by atoms with E-state index in [-0.39, 0.29) is 16.6 Å². The van der Waals surface area contributed by atoms with Gasteiger partial charge < -0.3 is 10.5 Å². The van der Waals surface area contributed by atoms with E-state index in [1.165, 1.54) is 0 Å². The number of ether oxygens (including phenoxy) is 1. The molecule has 126 valence electrons. The summed E-state index contributed by atoms with van der Waals surface area (Å²) in [6.07, 6.45) is 4.18. The highest BCUT2D eigenvalue weighted by molar-refractivity contribution is 7.91. The Bertz CT molecular complexity index is 671. The van der Waals surface area contributed by atoms with Gasteiger partial charge in [0.15, 0.2) is 9.84 Å². The van der Waals surface area contributed by atoms with E-state index in [1.54, 1.807) is 24.3 Å². The number of amides is 1. The zero-order valence-corrected chi connectivity index (χ0v) is 14.1. The Balaban J connectivity index is 2.27. The number of primary amides is 1. The van der Waals surface area contributed by atoms with Gasteiger partial charge in [0.05, 0.1) is 10.6 Å². The van der Waals surface area contributed by atoms with E-state index >= 15 is 0 Å². The number of hydrogen-bond donors (Lipinski definition) is 1. The van der Waals surface area contributed by atoms with Crippen molar-refractivity contribution in [2.45, 2.75) is 31.1 Å². The van der Waals surface area contributed by atoms with Gasteiger partial charge in [-0.25, -0.2) is 8.42 Å². The molecule has 2 rings (SSSR count). The molecule has 1 heterocycles. The Morgan fingerprint density at radius 2 is 1.87 bits per heavy atom. The fourth-order valence-electron chi connectivity index (χ4n) is 2.67. The lowest BCUT2D eigenvalue weighted by atomic mass is 9.94. The van der Waals surface area contributed by atoms with Gasteiger partial charge in [0.1, 0.15) is 0 Å². The molecule has 1 aliphatic rings. The van der Waals surface area contributed by atoms with Crippen LogP contribution in [0.1, 0.15) is 31.7 Å². The number of nitrogens with two attached hydrogens (primary N) is 1. The Hall–Kier alpha value is -1.66. The number of hydrogen-bond acceptors (Lipinski definition) is 4. The van der Waals surface area contributed by atoms with Gasteiger partial charge in [0, 0.05) is 18.8 Å². The van der Waals surface area contributed by atoms with Crippen molar-refractivity contribution in [2.75, 3.05) is 19.0 Å². The summed E-state index contributed by atoms with van der Waals surface area (Å²) in [5.41, 5.74) is 6.59. The van der Waals surface area contributed by atoms with Crippen LogP contribution in [-0.4, -0.2) is 33.3 Å². The third kappa shape index (κ3) is 4.65. The Labute approximate surface area is 137 Å². The van der Waals surface area contributed by atoms with Crippen molar-refractivity contribution in [3.05, 3.63) is 35.9 Å². The number of sulfone groups is 1. The number of allylic oxidation sites excluding steroid dienone is 1. The van der Waals surface area contributed by atoms with Gasteiger partial charge in [0.2, 0.25) is 5.91 Å². The maximum atomic E-state index is 12.0. The third-order valence-corrected chi connectivity index (χ3v) is 5.87. The number of carbonyl (C=O) groups is 1. The molecule has 1 fully saturated rings. The SMILES string of the molecule is CCCS(=O)(=O)c1ccc(C(=CC2CCOCC2)C(N)=O)cc1. The second-order valence-electron chi connectivity index (χ2n) is 5.74. The van der Waals surface area contributed by atoms with Crippen molar-refractivity contribution < 1.29 is 17.9 Å². The zero-order chi connectivity index (χ0) is 16.9. The Kier molecular flexibility index (Phi) is 5.96. The van der Waals surface area contributed by atoms with Crippen LogP contribution < -0.4 is 5.73 Å². The molecule has 1 amide bonds. The molecular formula is C17H23NO4S. The minimum absolute atomic E-state index is 0.118. The molecule has 1 aromatic carbocycles. The highest BCUT2D eigenvalue weighted by Crippen LogP contribution is 2.24. The molecule has 0 atom stereocenters. The molecule has 0 radical (unpaired) electrons. The first-order chi connectivity index (χ1) is 10.9. The van der Waals surface area contributed by atoms with Gasteiger partial charge in [-0.05, 0) is 42.9 Å². The zero-order valence-electron chi connectivity index (χ0n) is 13.3. The van der Waals surface area contributed by atoms with Gasteiger partial charge in [-0.1, -0.05) is 25.1 Å². The normalized spacial score (nSPS) is 17.2. The predicted molar refractivity (Wildman–Crippen MR) is 89.5 cm³/mol. The van der Waals surface area contributed by atoms with Gasteiger partial charge in [0.25, 0.3) is 0 Å². The van der Waals surface area contributed by atoms with Crippen molar-refractivity contribution in [1.82, 2.24) is 0 Å². The summed E-state index contributed by atoms with van der Waals surface area (Å²) in [7, 11) is -3.25. The smallest absolute Gasteiger partial charge is 0.248 e. The lowest BCUT2D eigenvalue weighted by molar-refractivity contribution is -0.112. The van der Waals surface area contributed by atoms with Crippen molar-refractivity contribution >= 4 is 21.3 Å². The first-order valence-corrected chi connectivity index (χ1v) is 9.52. The van der Waals surface area contributed by atoms with E-state index in [4.69, 9.17) is 10.5 Å². The summed E-state index contributed by atoms with van der Waals surface area (Å²) in [6, 6.07) is 6.39. The summed E-state index contributed by atoms with van der Waals surface area (Å²) < 4.78 is 29.4. The third-order valence-electron chi connectivity index (χ3n) is 3.93. The van der Waals surface area contributed by atoms with Crippen molar-refractivity contribution in [2.24, 2.45) is 11.7 Å². The van der Waals surface area contributed by atoms with Crippen LogP contribution in [0.3, 0.4) is 0 Å². The summed E-state index contributed by atoms with van der Waals surface area (Å²) in [5, 5.41) is 0. The second-order valence-corrected chi connectivity index (χ2v) is 7.85. The highest BCUT2D eigenvalue weighted by Gasteiger charge is 2.17. The molecule has 1 aliphatic heterocycles. The molecular weight excluding hydrogens is 314 g/mol. The first-order valence-electron chi connectivity index (χ1n) is 7.86. The fourth-order valence-corrected chi connectivity index (χ4v) is 3.99. The van der Waals surface area contributed by atoms with E-state index in [2.05, 4.69) is 0 Å². The quantitative estimate of drug-likeness (QED) is 0.806. The van der Waals surface area contributed by atoms with E-state index in [0.29, 0.717) is 30.8 Å². The summed E-state index contributed by atoms with van der Waals surface area (Å²) in [4.78, 5) is 12.0. The number of rotatable bonds is 6. The molecule has 23 heavy (non-hydrogen) atoms. The lowest BCUT2D eigenvalue weighted by Gasteiger charge is -2.20. The molecule has 1 saturated heterocycles. The topological polar surface area (TPSA) is 86.5 Å². The summed E-state index contributed by atoms with van der Waals surface area (Å²) in [6.45, 7) is 3.19. The second kappa shape index (κ2) is 7.75. The highest BCUT2D eigenvalue weighted by atomic mass is 32.2. The average molecular weight is 337 g/mol. The molecule has 1 aromatic rings. The van der Waals surface area contributed by atoms with Crippen LogP contribution in [0.2, 0.25) is 0 Å². The molecule has 0 aliphatic carbocycles. The lowest BCUT2D eigenvalue weighted by Crippen LogP contribution is -2.18. The van der Waals surface area contributed by atoms with Crippen LogP contribution in [0.25, 0.3) is 5.57 Å². The van der Waals surface area contributed by atoms with Crippen molar-refractivity contribution in [3.8, 4) is 0 Å². The van der Waals surface area contributed by atoms with E-state index in [1.807, 2.05) is 13.0 Å². The van der Waals surface area contributed by atoms with E-state index in [9.17, 15) is 13.2 Å². The molecule has 2 N–H and O–H groups in total. The summed E-state index contributed by atoms with van der Waals surface area (Å²) >= 11 is 0. The first kappa shape index (κ1) is 17.7. The molecule has 5 nitrogen and oxygen atoms in total.